The van der Waals surface area contributed by atoms with Gasteiger partial charge in [-0.2, -0.15) is 0 Å². The van der Waals surface area contributed by atoms with Crippen molar-refractivity contribution in [2.75, 3.05) is 26.4 Å². The second-order valence-electron chi connectivity index (χ2n) is 9.98. The van der Waals surface area contributed by atoms with Gasteiger partial charge in [0.25, 0.3) is 0 Å². The van der Waals surface area contributed by atoms with Crippen LogP contribution in [0, 0.1) is 11.8 Å². The van der Waals surface area contributed by atoms with Crippen molar-refractivity contribution in [2.45, 2.75) is 75.1 Å². The van der Waals surface area contributed by atoms with E-state index in [1.807, 2.05) is 6.07 Å². The number of halogens is 1. The van der Waals surface area contributed by atoms with Crippen LogP contribution in [0.15, 0.2) is 18.2 Å². The molecule has 1 N–H and O–H groups in total. The Bertz CT molecular complexity index is 766. The van der Waals surface area contributed by atoms with Crippen LogP contribution in [0.5, 0.6) is 11.5 Å². The summed E-state index contributed by atoms with van der Waals surface area (Å²) in [6.45, 7) is 3.90. The van der Waals surface area contributed by atoms with Gasteiger partial charge in [-0.05, 0) is 95.3 Å². The number of nitrogens with zero attached hydrogens (tertiary/aromatic N) is 1. The highest BCUT2D eigenvalue weighted by molar-refractivity contribution is 6.21. The number of benzene rings is 1. The number of carbonyl (C=O) groups is 1. The molecule has 1 amide bonds. The maximum absolute atomic E-state index is 12.3. The molecule has 2 saturated carbocycles. The summed E-state index contributed by atoms with van der Waals surface area (Å²) in [5, 5.41) is 3.49. The maximum atomic E-state index is 12.3. The normalized spacial score (nSPS) is 31.3. The zero-order valence-electron chi connectivity index (χ0n) is 18.4. The van der Waals surface area contributed by atoms with Gasteiger partial charge in [0, 0.05) is 22.9 Å². The summed E-state index contributed by atoms with van der Waals surface area (Å²) in [5.74, 6) is 3.68. The fraction of sp³-hybridized carbons (Fsp3) is 0.720. The molecule has 0 unspecified atom stereocenters. The molecule has 0 radical (unpaired) electrons. The number of alkyl halides is 1. The lowest BCUT2D eigenvalue weighted by Gasteiger charge is -2.36. The number of amides is 1. The molecule has 0 aromatic heterocycles. The number of para-hydroxylation sites is 1. The first kappa shape index (κ1) is 21.4. The molecule has 1 saturated heterocycles. The van der Waals surface area contributed by atoms with Gasteiger partial charge in [-0.1, -0.05) is 12.1 Å². The van der Waals surface area contributed by atoms with Gasteiger partial charge in [-0.25, -0.2) is 0 Å². The Hall–Kier alpha value is -1.46. The number of nitrogens with one attached hydrogen (secondary N) is 1. The Morgan fingerprint density at radius 1 is 1.06 bits per heavy atom. The lowest BCUT2D eigenvalue weighted by molar-refractivity contribution is -0.128. The lowest BCUT2D eigenvalue weighted by Crippen LogP contribution is -2.45. The largest absolute Gasteiger partial charge is 0.454 e. The molecule has 170 valence electrons. The van der Waals surface area contributed by atoms with E-state index in [0.717, 1.165) is 43.1 Å². The van der Waals surface area contributed by atoms with Crippen molar-refractivity contribution in [1.82, 2.24) is 10.2 Å². The molecule has 2 heterocycles. The Labute approximate surface area is 190 Å². The van der Waals surface area contributed by atoms with Crippen LogP contribution in [-0.4, -0.2) is 48.7 Å². The number of fused-ring (bicyclic) bond motifs is 1. The van der Waals surface area contributed by atoms with Gasteiger partial charge in [0.1, 0.15) is 0 Å². The van der Waals surface area contributed by atoms with E-state index < -0.39 is 0 Å². The van der Waals surface area contributed by atoms with E-state index in [1.54, 1.807) is 0 Å². The van der Waals surface area contributed by atoms with Gasteiger partial charge in [0.15, 0.2) is 11.5 Å². The van der Waals surface area contributed by atoms with E-state index in [9.17, 15) is 4.79 Å². The first-order valence-corrected chi connectivity index (χ1v) is 12.6. The summed E-state index contributed by atoms with van der Waals surface area (Å²) in [4.78, 5) is 14.9. The van der Waals surface area contributed by atoms with Gasteiger partial charge in [0.05, 0.1) is 0 Å². The van der Waals surface area contributed by atoms with Gasteiger partial charge in [-0.15, -0.1) is 11.6 Å². The molecule has 0 bridgehead atoms. The highest BCUT2D eigenvalue weighted by Gasteiger charge is 2.34. The summed E-state index contributed by atoms with van der Waals surface area (Å²) < 4.78 is 11.3. The number of carbonyl (C=O) groups excluding carboxylic acids is 1. The minimum atomic E-state index is 0.166. The molecule has 1 aromatic carbocycles. The molecular formula is C25H35ClN2O3. The molecule has 4 aliphatic rings. The summed E-state index contributed by atoms with van der Waals surface area (Å²) in [7, 11) is 0. The number of ether oxygens (including phenoxy) is 2. The molecule has 0 spiro atoms. The van der Waals surface area contributed by atoms with Crippen molar-refractivity contribution in [3.8, 4) is 11.5 Å². The highest BCUT2D eigenvalue weighted by atomic mass is 35.5. The quantitative estimate of drug-likeness (QED) is 0.645. The fourth-order valence-electron chi connectivity index (χ4n) is 5.78. The van der Waals surface area contributed by atoms with Crippen LogP contribution < -0.4 is 14.8 Å². The molecule has 3 fully saturated rings. The first-order valence-electron chi connectivity index (χ1n) is 12.2. The van der Waals surface area contributed by atoms with Gasteiger partial charge < -0.3 is 19.7 Å². The van der Waals surface area contributed by atoms with Crippen LogP contribution in [-0.2, 0) is 4.79 Å². The third kappa shape index (κ3) is 4.98. The molecule has 5 nitrogen and oxygen atoms in total. The topological polar surface area (TPSA) is 50.8 Å². The second-order valence-corrected chi connectivity index (χ2v) is 10.6. The summed E-state index contributed by atoms with van der Waals surface area (Å²) >= 11 is 6.02. The fourth-order valence-corrected chi connectivity index (χ4v) is 6.21. The monoisotopic (exact) mass is 446 g/mol. The average molecular weight is 447 g/mol. The number of likely N-dealkylation sites (tertiary alicyclic amines) is 1. The van der Waals surface area contributed by atoms with Gasteiger partial charge >= 0.3 is 0 Å². The molecule has 2 aliphatic carbocycles. The van der Waals surface area contributed by atoms with E-state index in [1.165, 1.54) is 57.3 Å². The number of rotatable bonds is 6. The Balaban J connectivity index is 1.00. The molecular weight excluding hydrogens is 412 g/mol. The molecule has 2 aliphatic heterocycles. The molecule has 1 aromatic rings. The van der Waals surface area contributed by atoms with Crippen molar-refractivity contribution in [1.29, 1.82) is 0 Å². The smallest absolute Gasteiger partial charge is 0.231 e. The Morgan fingerprint density at radius 3 is 2.58 bits per heavy atom. The number of hydrogen-bond donors (Lipinski definition) is 1. The predicted octanol–water partition coefficient (Wildman–Crippen LogP) is 4.68. The van der Waals surface area contributed by atoms with Gasteiger partial charge in [-0.3, -0.25) is 4.79 Å². The molecule has 5 rings (SSSR count). The van der Waals surface area contributed by atoms with E-state index in [0.29, 0.717) is 18.8 Å². The molecule has 0 atom stereocenters. The van der Waals surface area contributed by atoms with Crippen LogP contribution in [0.3, 0.4) is 0 Å². The minimum Gasteiger partial charge on any atom is -0.454 e. The van der Waals surface area contributed by atoms with Gasteiger partial charge in [0.2, 0.25) is 12.7 Å². The van der Waals surface area contributed by atoms with E-state index in [-0.39, 0.29) is 17.2 Å². The van der Waals surface area contributed by atoms with Crippen molar-refractivity contribution < 1.29 is 14.3 Å². The van der Waals surface area contributed by atoms with Crippen LogP contribution in [0.25, 0.3) is 0 Å². The zero-order chi connectivity index (χ0) is 21.2. The number of piperidine rings is 1. The second kappa shape index (κ2) is 9.58. The van der Waals surface area contributed by atoms with E-state index >= 15 is 0 Å². The van der Waals surface area contributed by atoms with Crippen LogP contribution in [0.4, 0.5) is 0 Å². The number of hydrogen-bond acceptors (Lipinski definition) is 4. The minimum absolute atomic E-state index is 0.166. The lowest BCUT2D eigenvalue weighted by atomic mass is 9.81. The predicted molar refractivity (Wildman–Crippen MR) is 122 cm³/mol. The maximum Gasteiger partial charge on any atom is 0.231 e. The zero-order valence-corrected chi connectivity index (χ0v) is 19.1. The molecule has 31 heavy (non-hydrogen) atoms. The molecule has 6 heteroatoms. The van der Waals surface area contributed by atoms with Crippen molar-refractivity contribution in [3.63, 3.8) is 0 Å². The van der Waals surface area contributed by atoms with Crippen LogP contribution >= 0.6 is 11.6 Å². The van der Waals surface area contributed by atoms with E-state index in [4.69, 9.17) is 21.1 Å². The average Bonchev–Trinajstić information content (AvgIpc) is 3.26. The third-order valence-corrected chi connectivity index (χ3v) is 8.31. The Morgan fingerprint density at radius 2 is 1.84 bits per heavy atom. The summed E-state index contributed by atoms with van der Waals surface area (Å²) in [6.07, 6.45) is 10.2. The standard InChI is InChI=1S/C25H35ClN2O3/c26-20-14-19(15-20)25(29)27-21-6-4-17(5-7-21)8-11-28-12-9-18(10-13-28)22-2-1-3-23-24(22)31-16-30-23/h1-3,17-21H,4-16H2,(H,27,29). The van der Waals surface area contributed by atoms with E-state index in [2.05, 4.69) is 22.3 Å². The summed E-state index contributed by atoms with van der Waals surface area (Å²) in [5.41, 5.74) is 1.33. The van der Waals surface area contributed by atoms with Crippen molar-refractivity contribution in [2.24, 2.45) is 11.8 Å². The third-order valence-electron chi connectivity index (χ3n) is 7.95. The summed E-state index contributed by atoms with van der Waals surface area (Å²) in [6, 6.07) is 6.69. The van der Waals surface area contributed by atoms with Crippen LogP contribution in [0.1, 0.15) is 69.3 Å². The first-order chi connectivity index (χ1) is 15.2. The van der Waals surface area contributed by atoms with Crippen LogP contribution in [0.2, 0.25) is 0 Å². The van der Waals surface area contributed by atoms with Crippen molar-refractivity contribution in [3.05, 3.63) is 23.8 Å². The highest BCUT2D eigenvalue weighted by Crippen LogP contribution is 2.42. The Kier molecular flexibility index (Phi) is 6.61. The SMILES string of the molecule is O=C(NC1CCC(CCN2CCC(c3cccc4c3OCO4)CC2)CC1)C1CC(Cl)C1. The van der Waals surface area contributed by atoms with Crippen molar-refractivity contribution >= 4 is 17.5 Å².